The van der Waals surface area contributed by atoms with Crippen molar-refractivity contribution >= 4 is 17.2 Å². The minimum absolute atomic E-state index is 0.121. The van der Waals surface area contributed by atoms with Crippen molar-refractivity contribution in [3.8, 4) is 0 Å². The van der Waals surface area contributed by atoms with Crippen molar-refractivity contribution in [2.45, 2.75) is 25.3 Å². The molecule has 22 heavy (non-hydrogen) atoms. The molecule has 0 saturated carbocycles. The van der Waals surface area contributed by atoms with Gasteiger partial charge in [0, 0.05) is 31.2 Å². The van der Waals surface area contributed by atoms with Crippen molar-refractivity contribution in [2.24, 2.45) is 0 Å². The zero-order valence-electron chi connectivity index (χ0n) is 12.9. The number of carbonyl (C=O) groups is 1. The minimum atomic E-state index is -0.121. The van der Waals surface area contributed by atoms with Gasteiger partial charge < -0.3 is 10.2 Å². The van der Waals surface area contributed by atoms with Gasteiger partial charge in [-0.25, -0.2) is 0 Å². The van der Waals surface area contributed by atoms with Crippen molar-refractivity contribution in [2.75, 3.05) is 26.7 Å². The maximum Gasteiger partial charge on any atom is 0.271 e. The highest BCUT2D eigenvalue weighted by molar-refractivity contribution is 7.09. The number of nitrogens with zero attached hydrogens (tertiary/aromatic N) is 3. The van der Waals surface area contributed by atoms with Crippen LogP contribution >= 0.6 is 11.3 Å². The van der Waals surface area contributed by atoms with Crippen LogP contribution in [0.3, 0.4) is 0 Å². The van der Waals surface area contributed by atoms with Crippen LogP contribution in [-0.2, 0) is 6.42 Å². The molecule has 1 amide bonds. The fraction of sp³-hybridized carbons (Fsp3) is 0.500. The van der Waals surface area contributed by atoms with Gasteiger partial charge in [0.25, 0.3) is 5.91 Å². The van der Waals surface area contributed by atoms with E-state index in [1.165, 1.54) is 11.3 Å². The van der Waals surface area contributed by atoms with Crippen LogP contribution in [-0.4, -0.2) is 47.3 Å². The fourth-order valence-electron chi connectivity index (χ4n) is 2.96. The number of amides is 1. The molecule has 1 atom stereocenters. The molecule has 2 aromatic rings. The number of hydrogen-bond acceptors (Lipinski definition) is 4. The summed E-state index contributed by atoms with van der Waals surface area (Å²) in [4.78, 5) is 15.6. The first-order valence-corrected chi connectivity index (χ1v) is 8.66. The van der Waals surface area contributed by atoms with E-state index in [1.54, 1.807) is 13.1 Å². The third-order valence-electron chi connectivity index (χ3n) is 4.18. The second kappa shape index (κ2) is 7.07. The lowest BCUT2D eigenvalue weighted by Gasteiger charge is -2.32. The Morgan fingerprint density at radius 3 is 3.18 bits per heavy atom. The van der Waals surface area contributed by atoms with Crippen molar-refractivity contribution in [1.29, 1.82) is 0 Å². The van der Waals surface area contributed by atoms with Gasteiger partial charge in [0.15, 0.2) is 0 Å². The molecule has 3 rings (SSSR count). The molecule has 3 heterocycles. The van der Waals surface area contributed by atoms with E-state index in [1.807, 2.05) is 22.2 Å². The van der Waals surface area contributed by atoms with Crippen molar-refractivity contribution < 1.29 is 4.79 Å². The zero-order chi connectivity index (χ0) is 15.4. The Bertz CT molecular complexity index is 607. The van der Waals surface area contributed by atoms with E-state index in [0.717, 1.165) is 32.5 Å². The SMILES string of the molecule is CNC(=O)c1ccn(C2CCCN(CCc3cccs3)C2)n1. The molecule has 2 aromatic heterocycles. The van der Waals surface area contributed by atoms with Gasteiger partial charge in [-0.3, -0.25) is 9.48 Å². The number of rotatable bonds is 5. The summed E-state index contributed by atoms with van der Waals surface area (Å²) in [5.74, 6) is -0.121. The van der Waals surface area contributed by atoms with Gasteiger partial charge in [-0.2, -0.15) is 5.10 Å². The first-order chi connectivity index (χ1) is 10.8. The van der Waals surface area contributed by atoms with E-state index < -0.39 is 0 Å². The second-order valence-electron chi connectivity index (χ2n) is 5.69. The lowest BCUT2D eigenvalue weighted by Crippen LogP contribution is -2.38. The molecule has 0 spiro atoms. The molecule has 1 aliphatic heterocycles. The van der Waals surface area contributed by atoms with E-state index in [-0.39, 0.29) is 5.91 Å². The predicted octanol–water partition coefficient (Wildman–Crippen LogP) is 2.18. The normalized spacial score (nSPS) is 19.2. The molecule has 118 valence electrons. The van der Waals surface area contributed by atoms with Crippen LogP contribution in [0.4, 0.5) is 0 Å². The Balaban J connectivity index is 1.58. The van der Waals surface area contributed by atoms with E-state index in [4.69, 9.17) is 0 Å². The standard InChI is InChI=1S/C16H22N4OS/c1-17-16(21)15-7-10-20(18-15)13-4-2-8-19(12-13)9-6-14-5-3-11-22-14/h3,5,7,10-11,13H,2,4,6,8-9,12H2,1H3,(H,17,21). The van der Waals surface area contributed by atoms with Crippen LogP contribution in [0.2, 0.25) is 0 Å². The van der Waals surface area contributed by atoms with Gasteiger partial charge in [0.05, 0.1) is 6.04 Å². The first-order valence-electron chi connectivity index (χ1n) is 7.78. The van der Waals surface area contributed by atoms with Crippen LogP contribution in [0.15, 0.2) is 29.8 Å². The Hall–Kier alpha value is -1.66. The molecule has 0 bridgehead atoms. The summed E-state index contributed by atoms with van der Waals surface area (Å²) in [6, 6.07) is 6.48. The maximum atomic E-state index is 11.6. The first kappa shape index (κ1) is 15.2. The molecular weight excluding hydrogens is 296 g/mol. The minimum Gasteiger partial charge on any atom is -0.354 e. The van der Waals surface area contributed by atoms with Crippen LogP contribution < -0.4 is 5.32 Å². The molecular formula is C16H22N4OS. The Morgan fingerprint density at radius 1 is 1.50 bits per heavy atom. The summed E-state index contributed by atoms with van der Waals surface area (Å²) < 4.78 is 1.96. The topological polar surface area (TPSA) is 50.2 Å². The molecule has 0 aromatic carbocycles. The number of aromatic nitrogens is 2. The molecule has 6 heteroatoms. The van der Waals surface area contributed by atoms with Gasteiger partial charge in [-0.15, -0.1) is 11.3 Å². The average Bonchev–Trinajstić information content (AvgIpc) is 3.24. The van der Waals surface area contributed by atoms with Crippen LogP contribution in [0.5, 0.6) is 0 Å². The molecule has 0 radical (unpaired) electrons. The Morgan fingerprint density at radius 2 is 2.41 bits per heavy atom. The predicted molar refractivity (Wildman–Crippen MR) is 88.4 cm³/mol. The number of thiophene rings is 1. The fourth-order valence-corrected chi connectivity index (χ4v) is 3.66. The molecule has 1 N–H and O–H groups in total. The summed E-state index contributed by atoms with van der Waals surface area (Å²) in [6.45, 7) is 3.27. The highest BCUT2D eigenvalue weighted by Crippen LogP contribution is 2.21. The molecule has 1 fully saturated rings. The summed E-state index contributed by atoms with van der Waals surface area (Å²) in [5, 5.41) is 9.18. The van der Waals surface area contributed by atoms with Gasteiger partial charge in [-0.05, 0) is 43.3 Å². The van der Waals surface area contributed by atoms with Gasteiger partial charge in [0.2, 0.25) is 0 Å². The number of nitrogens with one attached hydrogen (secondary N) is 1. The quantitative estimate of drug-likeness (QED) is 0.919. The highest BCUT2D eigenvalue weighted by Gasteiger charge is 2.22. The lowest BCUT2D eigenvalue weighted by atomic mass is 10.1. The monoisotopic (exact) mass is 318 g/mol. The van der Waals surface area contributed by atoms with E-state index in [9.17, 15) is 4.79 Å². The molecule has 1 aliphatic rings. The Labute approximate surface area is 134 Å². The number of piperidine rings is 1. The van der Waals surface area contributed by atoms with Gasteiger partial charge >= 0.3 is 0 Å². The van der Waals surface area contributed by atoms with E-state index in [0.29, 0.717) is 11.7 Å². The van der Waals surface area contributed by atoms with Gasteiger partial charge in [-0.1, -0.05) is 6.07 Å². The summed E-state index contributed by atoms with van der Waals surface area (Å²) in [5.41, 5.74) is 0.498. The van der Waals surface area contributed by atoms with Crippen LogP contribution in [0.1, 0.15) is 34.2 Å². The van der Waals surface area contributed by atoms with Crippen molar-refractivity contribution in [1.82, 2.24) is 20.0 Å². The number of carbonyl (C=O) groups excluding carboxylic acids is 1. The zero-order valence-corrected chi connectivity index (χ0v) is 13.7. The van der Waals surface area contributed by atoms with Crippen LogP contribution in [0.25, 0.3) is 0 Å². The lowest BCUT2D eigenvalue weighted by molar-refractivity contribution is 0.0956. The van der Waals surface area contributed by atoms with Crippen LogP contribution in [0, 0.1) is 0 Å². The van der Waals surface area contributed by atoms with E-state index >= 15 is 0 Å². The van der Waals surface area contributed by atoms with E-state index in [2.05, 4.69) is 32.8 Å². The summed E-state index contributed by atoms with van der Waals surface area (Å²) in [6.07, 6.45) is 5.36. The summed E-state index contributed by atoms with van der Waals surface area (Å²) >= 11 is 1.83. The third-order valence-corrected chi connectivity index (χ3v) is 5.11. The second-order valence-corrected chi connectivity index (χ2v) is 6.72. The number of hydrogen-bond donors (Lipinski definition) is 1. The maximum absolute atomic E-state index is 11.6. The molecule has 1 unspecified atom stereocenters. The smallest absolute Gasteiger partial charge is 0.271 e. The summed E-state index contributed by atoms with van der Waals surface area (Å²) in [7, 11) is 1.63. The molecule has 0 aliphatic carbocycles. The van der Waals surface area contributed by atoms with Crippen molar-refractivity contribution in [3.63, 3.8) is 0 Å². The largest absolute Gasteiger partial charge is 0.354 e. The molecule has 5 nitrogen and oxygen atoms in total. The third kappa shape index (κ3) is 3.56. The van der Waals surface area contributed by atoms with Gasteiger partial charge in [0.1, 0.15) is 5.69 Å². The molecule has 1 saturated heterocycles. The average molecular weight is 318 g/mol. The highest BCUT2D eigenvalue weighted by atomic mass is 32.1. The Kier molecular flexibility index (Phi) is 4.90. The van der Waals surface area contributed by atoms with Crippen molar-refractivity contribution in [3.05, 3.63) is 40.3 Å². The number of likely N-dealkylation sites (tertiary alicyclic amines) is 1.